The number of para-hydroxylation sites is 1. The fourth-order valence-electron chi connectivity index (χ4n) is 1.32. The maximum Gasteiger partial charge on any atom is 0.240 e. The van der Waals surface area contributed by atoms with Crippen molar-refractivity contribution in [1.29, 1.82) is 0 Å². The van der Waals surface area contributed by atoms with Crippen molar-refractivity contribution in [3.8, 4) is 11.3 Å². The van der Waals surface area contributed by atoms with E-state index in [1.807, 2.05) is 30.5 Å². The van der Waals surface area contributed by atoms with Gasteiger partial charge in [0, 0.05) is 10.9 Å². The molecule has 3 nitrogen and oxygen atoms in total. The molecule has 0 saturated carbocycles. The highest BCUT2D eigenvalue weighted by Gasteiger charge is 2.06. The zero-order valence-electron chi connectivity index (χ0n) is 8.10. The number of rotatable bonds is 2. The summed E-state index contributed by atoms with van der Waals surface area (Å²) in [7, 11) is 0. The monoisotopic (exact) mass is 216 g/mol. The van der Waals surface area contributed by atoms with Crippen molar-refractivity contribution in [3.05, 3.63) is 34.7 Å². The van der Waals surface area contributed by atoms with Crippen molar-refractivity contribution in [3.63, 3.8) is 0 Å². The molecule has 0 unspecified atom stereocenters. The van der Waals surface area contributed by atoms with Crippen molar-refractivity contribution in [2.24, 2.45) is 4.99 Å². The Labute approximate surface area is 91.1 Å². The summed E-state index contributed by atoms with van der Waals surface area (Å²) in [6, 6.07) is 7.40. The fourth-order valence-corrected chi connectivity index (χ4v) is 1.94. The lowest BCUT2D eigenvalue weighted by Gasteiger charge is -1.99. The number of aliphatic imine (C=N–C) groups is 1. The summed E-state index contributed by atoms with van der Waals surface area (Å²) < 4.78 is 0. The minimum Gasteiger partial charge on any atom is -0.241 e. The van der Waals surface area contributed by atoms with Gasteiger partial charge in [0.25, 0.3) is 0 Å². The van der Waals surface area contributed by atoms with Crippen molar-refractivity contribution in [1.82, 2.24) is 4.98 Å². The third-order valence-corrected chi connectivity index (χ3v) is 2.74. The Kier molecular flexibility index (Phi) is 2.72. The van der Waals surface area contributed by atoms with Gasteiger partial charge in [-0.25, -0.2) is 9.78 Å². The van der Waals surface area contributed by atoms with Crippen LogP contribution < -0.4 is 0 Å². The van der Waals surface area contributed by atoms with Gasteiger partial charge in [-0.15, -0.1) is 11.3 Å². The molecule has 0 aliphatic heterocycles. The van der Waals surface area contributed by atoms with Gasteiger partial charge >= 0.3 is 0 Å². The molecular formula is C11H8N2OS. The van der Waals surface area contributed by atoms with E-state index in [2.05, 4.69) is 9.98 Å². The fraction of sp³-hybridized carbons (Fsp3) is 0.0909. The maximum absolute atomic E-state index is 10.3. The van der Waals surface area contributed by atoms with Gasteiger partial charge in [0.1, 0.15) is 0 Å². The van der Waals surface area contributed by atoms with Crippen LogP contribution in [0.5, 0.6) is 0 Å². The summed E-state index contributed by atoms with van der Waals surface area (Å²) in [6.07, 6.45) is 1.55. The smallest absolute Gasteiger partial charge is 0.240 e. The molecule has 0 atom stereocenters. The highest BCUT2D eigenvalue weighted by molar-refractivity contribution is 7.09. The molecular weight excluding hydrogens is 208 g/mol. The molecule has 2 rings (SSSR count). The number of nitrogens with zero attached hydrogens (tertiary/aromatic N) is 2. The van der Waals surface area contributed by atoms with Gasteiger partial charge < -0.3 is 0 Å². The van der Waals surface area contributed by atoms with Gasteiger partial charge in [0.05, 0.1) is 16.4 Å². The number of hydrogen-bond acceptors (Lipinski definition) is 4. The SMILES string of the molecule is Cc1nc(-c2ccccc2N=C=O)cs1. The molecule has 0 saturated heterocycles. The largest absolute Gasteiger partial charge is 0.241 e. The molecule has 0 amide bonds. The molecule has 1 heterocycles. The van der Waals surface area contributed by atoms with Crippen LogP contribution in [0.1, 0.15) is 5.01 Å². The number of benzene rings is 1. The second kappa shape index (κ2) is 4.17. The van der Waals surface area contributed by atoms with Crippen LogP contribution in [0.15, 0.2) is 34.6 Å². The molecule has 74 valence electrons. The van der Waals surface area contributed by atoms with Gasteiger partial charge in [-0.3, -0.25) is 0 Å². The zero-order chi connectivity index (χ0) is 10.7. The lowest BCUT2D eigenvalue weighted by molar-refractivity contribution is 0.565. The minimum absolute atomic E-state index is 0.609. The molecule has 2 aromatic rings. The van der Waals surface area contributed by atoms with Crippen LogP contribution in [0, 0.1) is 6.92 Å². The lowest BCUT2D eigenvalue weighted by atomic mass is 10.1. The second-order valence-corrected chi connectivity index (χ2v) is 4.03. The van der Waals surface area contributed by atoms with Crippen molar-refractivity contribution >= 4 is 23.1 Å². The maximum atomic E-state index is 10.3. The zero-order valence-corrected chi connectivity index (χ0v) is 8.91. The third kappa shape index (κ3) is 2.01. The van der Waals surface area contributed by atoms with Crippen LogP contribution in [0.25, 0.3) is 11.3 Å². The predicted molar refractivity (Wildman–Crippen MR) is 60.1 cm³/mol. The number of aromatic nitrogens is 1. The average molecular weight is 216 g/mol. The molecule has 0 aliphatic carbocycles. The molecule has 4 heteroatoms. The summed E-state index contributed by atoms with van der Waals surface area (Å²) in [4.78, 5) is 18.3. The first kappa shape index (κ1) is 9.77. The van der Waals surface area contributed by atoms with E-state index in [-0.39, 0.29) is 0 Å². The first-order chi connectivity index (χ1) is 7.31. The summed E-state index contributed by atoms with van der Waals surface area (Å²) >= 11 is 1.57. The number of thiazole rings is 1. The van der Waals surface area contributed by atoms with Gasteiger partial charge in [0.2, 0.25) is 6.08 Å². The highest BCUT2D eigenvalue weighted by Crippen LogP contribution is 2.30. The third-order valence-electron chi connectivity index (χ3n) is 1.97. The van der Waals surface area contributed by atoms with E-state index in [0.717, 1.165) is 16.3 Å². The Morgan fingerprint density at radius 2 is 2.20 bits per heavy atom. The van der Waals surface area contributed by atoms with Gasteiger partial charge in [-0.05, 0) is 13.0 Å². The van der Waals surface area contributed by atoms with E-state index in [0.29, 0.717) is 5.69 Å². The first-order valence-corrected chi connectivity index (χ1v) is 5.28. The van der Waals surface area contributed by atoms with Crippen LogP contribution in [0.2, 0.25) is 0 Å². The Morgan fingerprint density at radius 3 is 2.87 bits per heavy atom. The molecule has 0 fully saturated rings. The first-order valence-electron chi connectivity index (χ1n) is 4.40. The molecule has 0 spiro atoms. The second-order valence-electron chi connectivity index (χ2n) is 2.97. The molecule has 1 aromatic heterocycles. The number of hydrogen-bond donors (Lipinski definition) is 0. The van der Waals surface area contributed by atoms with Gasteiger partial charge in [0.15, 0.2) is 0 Å². The van der Waals surface area contributed by atoms with Crippen LogP contribution in [-0.2, 0) is 4.79 Å². The van der Waals surface area contributed by atoms with E-state index >= 15 is 0 Å². The van der Waals surface area contributed by atoms with Crippen molar-refractivity contribution in [2.45, 2.75) is 6.92 Å². The van der Waals surface area contributed by atoms with Crippen LogP contribution >= 0.6 is 11.3 Å². The average Bonchev–Trinajstić information content (AvgIpc) is 2.66. The lowest BCUT2D eigenvalue weighted by Crippen LogP contribution is -1.78. The molecule has 0 radical (unpaired) electrons. The summed E-state index contributed by atoms with van der Waals surface area (Å²) in [5.41, 5.74) is 2.33. The molecule has 0 N–H and O–H groups in total. The van der Waals surface area contributed by atoms with E-state index in [9.17, 15) is 4.79 Å². The molecule has 15 heavy (non-hydrogen) atoms. The van der Waals surface area contributed by atoms with Gasteiger partial charge in [-0.1, -0.05) is 18.2 Å². The Bertz CT molecular complexity index is 527. The Hall–Kier alpha value is -1.77. The summed E-state index contributed by atoms with van der Waals surface area (Å²) in [5, 5.41) is 2.95. The van der Waals surface area contributed by atoms with Crippen LogP contribution in [-0.4, -0.2) is 11.1 Å². The highest BCUT2D eigenvalue weighted by atomic mass is 32.1. The molecule has 0 bridgehead atoms. The van der Waals surface area contributed by atoms with Crippen molar-refractivity contribution in [2.75, 3.05) is 0 Å². The Balaban J connectivity index is 2.56. The standard InChI is InChI=1S/C11H8N2OS/c1-8-13-11(6-15-8)9-4-2-3-5-10(9)12-7-14/h2-6H,1H3. The summed E-state index contributed by atoms with van der Waals surface area (Å²) in [5.74, 6) is 0. The van der Waals surface area contributed by atoms with E-state index in [1.54, 1.807) is 23.5 Å². The van der Waals surface area contributed by atoms with E-state index in [4.69, 9.17) is 0 Å². The van der Waals surface area contributed by atoms with Gasteiger partial charge in [-0.2, -0.15) is 4.99 Å². The van der Waals surface area contributed by atoms with Crippen LogP contribution in [0.4, 0.5) is 5.69 Å². The number of carbonyl (C=O) groups excluding carboxylic acids is 1. The topological polar surface area (TPSA) is 42.3 Å². The van der Waals surface area contributed by atoms with Crippen LogP contribution in [0.3, 0.4) is 0 Å². The molecule has 1 aromatic carbocycles. The van der Waals surface area contributed by atoms with E-state index in [1.165, 1.54) is 0 Å². The quantitative estimate of drug-likeness (QED) is 0.571. The number of isocyanates is 1. The Morgan fingerprint density at radius 1 is 1.40 bits per heavy atom. The molecule has 0 aliphatic rings. The minimum atomic E-state index is 0.609. The predicted octanol–water partition coefficient (Wildman–Crippen LogP) is 3.09. The normalized spacial score (nSPS) is 9.67. The van der Waals surface area contributed by atoms with E-state index < -0.39 is 0 Å². The summed E-state index contributed by atoms with van der Waals surface area (Å²) in [6.45, 7) is 1.94. The van der Waals surface area contributed by atoms with Crippen molar-refractivity contribution < 1.29 is 4.79 Å². The number of aryl methyl sites for hydroxylation is 1.